The molecule has 0 bridgehead atoms. The third-order valence-corrected chi connectivity index (χ3v) is 5.23. The second-order valence-electron chi connectivity index (χ2n) is 7.14. The molecule has 0 radical (unpaired) electrons. The molecule has 0 aliphatic carbocycles. The molecule has 5 heterocycles. The molecule has 0 saturated carbocycles. The number of nitrogens with zero attached hydrogens (tertiary/aromatic N) is 6. The van der Waals surface area contributed by atoms with Crippen LogP contribution in [0.1, 0.15) is 12.6 Å². The minimum atomic E-state index is -0.384. The molecule has 29 heavy (non-hydrogen) atoms. The van der Waals surface area contributed by atoms with Crippen LogP contribution in [0.2, 0.25) is 0 Å². The predicted molar refractivity (Wildman–Crippen MR) is 106 cm³/mol. The fourth-order valence-corrected chi connectivity index (χ4v) is 3.81. The fourth-order valence-electron chi connectivity index (χ4n) is 3.81. The van der Waals surface area contributed by atoms with Crippen LogP contribution in [-0.4, -0.2) is 55.6 Å². The van der Waals surface area contributed by atoms with Gasteiger partial charge in [-0.25, -0.2) is 13.9 Å². The van der Waals surface area contributed by atoms with Crippen LogP contribution in [0, 0.1) is 12.7 Å². The number of fused-ring (bicyclic) bond motifs is 1. The monoisotopic (exact) mass is 393 g/mol. The first-order chi connectivity index (χ1) is 14.1. The van der Waals surface area contributed by atoms with Gasteiger partial charge >= 0.3 is 0 Å². The summed E-state index contributed by atoms with van der Waals surface area (Å²) in [5.74, 6) is 0.997. The highest BCUT2D eigenvalue weighted by Gasteiger charge is 2.25. The van der Waals surface area contributed by atoms with Crippen molar-refractivity contribution in [2.75, 3.05) is 24.7 Å². The van der Waals surface area contributed by atoms with Gasteiger partial charge in [0.25, 0.3) is 0 Å². The number of aromatic nitrogens is 6. The van der Waals surface area contributed by atoms with Gasteiger partial charge in [0.1, 0.15) is 11.5 Å². The summed E-state index contributed by atoms with van der Waals surface area (Å²) >= 11 is 0. The molecule has 148 valence electrons. The minimum absolute atomic E-state index is 0.157. The number of nitrogens with one attached hydrogen (secondary N) is 1. The highest BCUT2D eigenvalue weighted by molar-refractivity contribution is 5.85. The van der Waals surface area contributed by atoms with Gasteiger partial charge in [0, 0.05) is 30.1 Å². The average molecular weight is 393 g/mol. The van der Waals surface area contributed by atoms with Gasteiger partial charge in [-0.05, 0) is 32.0 Å². The highest BCUT2D eigenvalue weighted by atomic mass is 19.1. The molecule has 0 amide bonds. The number of halogens is 1. The first-order valence-corrected chi connectivity index (χ1v) is 9.48. The Balaban J connectivity index is 1.81. The van der Waals surface area contributed by atoms with Gasteiger partial charge < -0.3 is 9.64 Å². The Bertz CT molecular complexity index is 1170. The third kappa shape index (κ3) is 2.94. The standard InChI is InChI=1S/C20H20FN7O/c1-12-11-29-8-7-27(12)18-9-15(14-3-5-22-10-16(14)21)19-13(2)24-20(28(19)26-18)17-4-6-23-25-17/h3-6,9-10,12H,7-8,11H2,1-2H3,(H,23,25)/t12-/m1/s1. The number of pyridine rings is 1. The van der Waals surface area contributed by atoms with Crippen LogP contribution in [-0.2, 0) is 4.74 Å². The Morgan fingerprint density at radius 1 is 1.24 bits per heavy atom. The SMILES string of the molecule is Cc1nc(-c2ccn[nH]2)n2nc(N3CCOC[C@H]3C)cc(-c3ccncc3F)c12. The lowest BCUT2D eigenvalue weighted by atomic mass is 10.1. The quantitative estimate of drug-likeness (QED) is 0.576. The summed E-state index contributed by atoms with van der Waals surface area (Å²) in [4.78, 5) is 10.8. The highest BCUT2D eigenvalue weighted by Crippen LogP contribution is 2.34. The van der Waals surface area contributed by atoms with E-state index >= 15 is 0 Å². The van der Waals surface area contributed by atoms with Crippen molar-refractivity contribution >= 4 is 11.3 Å². The largest absolute Gasteiger partial charge is 0.377 e. The van der Waals surface area contributed by atoms with Crippen molar-refractivity contribution in [1.29, 1.82) is 0 Å². The van der Waals surface area contributed by atoms with Crippen molar-refractivity contribution < 1.29 is 9.13 Å². The van der Waals surface area contributed by atoms with Crippen molar-refractivity contribution in [2.24, 2.45) is 0 Å². The van der Waals surface area contributed by atoms with Crippen molar-refractivity contribution in [3.8, 4) is 22.6 Å². The zero-order valence-electron chi connectivity index (χ0n) is 16.1. The summed E-state index contributed by atoms with van der Waals surface area (Å²) in [7, 11) is 0. The van der Waals surface area contributed by atoms with Crippen LogP contribution in [0.3, 0.4) is 0 Å². The summed E-state index contributed by atoms with van der Waals surface area (Å²) in [6.07, 6.45) is 4.49. The lowest BCUT2D eigenvalue weighted by molar-refractivity contribution is 0.0984. The van der Waals surface area contributed by atoms with Gasteiger partial charge in [-0.1, -0.05) is 0 Å². The number of hydrogen-bond acceptors (Lipinski definition) is 6. The number of imidazole rings is 1. The van der Waals surface area contributed by atoms with E-state index < -0.39 is 0 Å². The molecule has 1 aliphatic rings. The number of anilines is 1. The van der Waals surface area contributed by atoms with E-state index in [2.05, 4.69) is 27.0 Å². The molecule has 0 unspecified atom stereocenters. The van der Waals surface area contributed by atoms with Crippen LogP contribution in [0.15, 0.2) is 36.8 Å². The minimum Gasteiger partial charge on any atom is -0.377 e. The van der Waals surface area contributed by atoms with Crippen LogP contribution < -0.4 is 4.90 Å². The number of H-pyrrole nitrogens is 1. The molecule has 1 aliphatic heterocycles. The number of morpholine rings is 1. The third-order valence-electron chi connectivity index (χ3n) is 5.23. The second-order valence-corrected chi connectivity index (χ2v) is 7.14. The van der Waals surface area contributed by atoms with Crippen LogP contribution in [0.25, 0.3) is 28.2 Å². The maximum absolute atomic E-state index is 14.7. The first kappa shape index (κ1) is 17.7. The molecule has 1 fully saturated rings. The molecule has 1 N–H and O–H groups in total. The van der Waals surface area contributed by atoms with Gasteiger partial charge in [0.2, 0.25) is 0 Å². The van der Waals surface area contributed by atoms with Crippen LogP contribution >= 0.6 is 0 Å². The van der Waals surface area contributed by atoms with E-state index in [1.807, 2.05) is 19.1 Å². The zero-order valence-corrected chi connectivity index (χ0v) is 16.1. The Morgan fingerprint density at radius 2 is 2.14 bits per heavy atom. The van der Waals surface area contributed by atoms with Gasteiger partial charge in [-0.15, -0.1) is 5.10 Å². The van der Waals surface area contributed by atoms with E-state index in [0.717, 1.165) is 28.3 Å². The molecular formula is C20H20FN7O. The van der Waals surface area contributed by atoms with E-state index in [1.54, 1.807) is 23.0 Å². The Morgan fingerprint density at radius 3 is 2.90 bits per heavy atom. The molecular weight excluding hydrogens is 373 g/mol. The molecule has 4 aromatic heterocycles. The Hall–Kier alpha value is -3.33. The van der Waals surface area contributed by atoms with Gasteiger partial charge in [0.05, 0.1) is 36.7 Å². The smallest absolute Gasteiger partial charge is 0.179 e. The van der Waals surface area contributed by atoms with Crippen LogP contribution in [0.4, 0.5) is 10.2 Å². The maximum atomic E-state index is 14.7. The molecule has 0 aromatic carbocycles. The summed E-state index contributed by atoms with van der Waals surface area (Å²) in [6.45, 7) is 5.95. The summed E-state index contributed by atoms with van der Waals surface area (Å²) in [5, 5.41) is 11.9. The predicted octanol–water partition coefficient (Wildman–Crippen LogP) is 2.85. The van der Waals surface area contributed by atoms with Gasteiger partial charge in [-0.2, -0.15) is 5.10 Å². The summed E-state index contributed by atoms with van der Waals surface area (Å²) < 4.78 is 22.0. The summed E-state index contributed by atoms with van der Waals surface area (Å²) in [6, 6.07) is 5.61. The molecule has 9 heteroatoms. The Kier molecular flexibility index (Phi) is 4.24. The van der Waals surface area contributed by atoms with Crippen LogP contribution in [0.5, 0.6) is 0 Å². The Labute approximate surface area is 166 Å². The second kappa shape index (κ2) is 6.93. The number of aryl methyl sites for hydroxylation is 1. The fraction of sp³-hybridized carbons (Fsp3) is 0.300. The first-order valence-electron chi connectivity index (χ1n) is 9.48. The number of aromatic amines is 1. The van der Waals surface area contributed by atoms with Crippen molar-refractivity contribution in [3.05, 3.63) is 48.3 Å². The number of ether oxygens (including phenoxy) is 1. The summed E-state index contributed by atoms with van der Waals surface area (Å²) in [5.41, 5.74) is 3.45. The lowest BCUT2D eigenvalue weighted by Crippen LogP contribution is -2.44. The average Bonchev–Trinajstić information content (AvgIpc) is 3.36. The number of hydrogen-bond donors (Lipinski definition) is 1. The van der Waals surface area contributed by atoms with E-state index in [9.17, 15) is 4.39 Å². The normalized spacial score (nSPS) is 17.2. The molecule has 4 aromatic rings. The lowest BCUT2D eigenvalue weighted by Gasteiger charge is -2.34. The zero-order chi connectivity index (χ0) is 20.0. The maximum Gasteiger partial charge on any atom is 0.179 e. The molecule has 8 nitrogen and oxygen atoms in total. The molecule has 5 rings (SSSR count). The van der Waals surface area contributed by atoms with Crippen molar-refractivity contribution in [3.63, 3.8) is 0 Å². The molecule has 0 spiro atoms. The van der Waals surface area contributed by atoms with Crippen molar-refractivity contribution in [2.45, 2.75) is 19.9 Å². The topological polar surface area (TPSA) is 84.2 Å². The number of rotatable bonds is 3. The van der Waals surface area contributed by atoms with E-state index in [0.29, 0.717) is 31.1 Å². The van der Waals surface area contributed by atoms with E-state index in [4.69, 9.17) is 14.8 Å². The molecule has 1 atom stereocenters. The van der Waals surface area contributed by atoms with E-state index in [-0.39, 0.29) is 11.9 Å². The van der Waals surface area contributed by atoms with Gasteiger partial charge in [0.15, 0.2) is 11.6 Å². The van der Waals surface area contributed by atoms with E-state index in [1.165, 1.54) is 6.20 Å². The van der Waals surface area contributed by atoms with Crippen molar-refractivity contribution in [1.82, 2.24) is 29.8 Å². The molecule has 1 saturated heterocycles. The van der Waals surface area contributed by atoms with Gasteiger partial charge in [-0.3, -0.25) is 10.1 Å².